The molecule has 0 bridgehead atoms. The van der Waals surface area contributed by atoms with Crippen molar-refractivity contribution >= 4 is 30.6 Å². The Morgan fingerprint density at radius 3 is 2.41 bits per heavy atom. The third kappa shape index (κ3) is 6.24. The van der Waals surface area contributed by atoms with Crippen LogP contribution in [0.1, 0.15) is 38.5 Å². The zero-order valence-corrected chi connectivity index (χ0v) is 19.3. The summed E-state index contributed by atoms with van der Waals surface area (Å²) < 4.78 is 0. The number of carboxylic acid groups (broad SMARTS) is 2. The Hall–Kier alpha value is -3.17. The van der Waals surface area contributed by atoms with Crippen molar-refractivity contribution in [3.8, 4) is 0 Å². The summed E-state index contributed by atoms with van der Waals surface area (Å²) in [5.74, 6) is 2.52. The van der Waals surface area contributed by atoms with Crippen molar-refractivity contribution in [2.45, 2.75) is 38.5 Å². The van der Waals surface area contributed by atoms with Gasteiger partial charge in [-0.05, 0) is 56.6 Å². The van der Waals surface area contributed by atoms with Crippen LogP contribution in [0.15, 0.2) is 24.4 Å². The van der Waals surface area contributed by atoms with Gasteiger partial charge in [-0.3, -0.25) is 19.2 Å². The first-order valence-electron chi connectivity index (χ1n) is 11.9. The molecule has 2 amide bonds. The number of likely N-dealkylation sites (tertiary alicyclic amines) is 1. The maximum Gasteiger partial charge on any atom is 0.290 e. The van der Waals surface area contributed by atoms with Crippen LogP contribution in [0.2, 0.25) is 0 Å². The van der Waals surface area contributed by atoms with Crippen LogP contribution in [0, 0.1) is 23.2 Å². The molecule has 3 N–H and O–H groups in total. The van der Waals surface area contributed by atoms with Gasteiger partial charge in [0.2, 0.25) is 11.8 Å². The summed E-state index contributed by atoms with van der Waals surface area (Å²) in [6.45, 7) is 3.31. The van der Waals surface area contributed by atoms with E-state index in [0.29, 0.717) is 24.9 Å². The number of nitrogens with zero attached hydrogens (tertiary/aromatic N) is 3. The molecule has 34 heavy (non-hydrogen) atoms. The maximum atomic E-state index is 13.4. The Morgan fingerprint density at radius 2 is 1.82 bits per heavy atom. The van der Waals surface area contributed by atoms with E-state index in [2.05, 4.69) is 20.1 Å². The van der Waals surface area contributed by atoms with E-state index in [1.807, 2.05) is 24.4 Å². The lowest BCUT2D eigenvalue weighted by Crippen LogP contribution is -2.48. The van der Waals surface area contributed by atoms with Gasteiger partial charge >= 0.3 is 0 Å². The molecule has 3 heterocycles. The molecule has 1 aromatic rings. The number of hydrogen-bond donors (Lipinski definition) is 3. The lowest BCUT2D eigenvalue weighted by Gasteiger charge is -2.32. The van der Waals surface area contributed by atoms with Crippen molar-refractivity contribution in [2.75, 3.05) is 37.6 Å². The highest BCUT2D eigenvalue weighted by Crippen LogP contribution is 2.45. The van der Waals surface area contributed by atoms with Crippen LogP contribution in [-0.2, 0) is 19.2 Å². The minimum atomic E-state index is -0.412. The highest BCUT2D eigenvalue weighted by atomic mass is 16.3. The molecule has 1 aromatic heterocycles. The fourth-order valence-corrected chi connectivity index (χ4v) is 5.04. The van der Waals surface area contributed by atoms with Crippen LogP contribution in [0.4, 0.5) is 5.82 Å². The zero-order chi connectivity index (χ0) is 24.6. The van der Waals surface area contributed by atoms with Gasteiger partial charge in [-0.2, -0.15) is 0 Å². The highest BCUT2D eigenvalue weighted by Gasteiger charge is 2.54. The number of anilines is 1. The molecule has 0 radical (unpaired) electrons. The van der Waals surface area contributed by atoms with Crippen LogP contribution < -0.4 is 10.2 Å². The molecule has 10 nitrogen and oxygen atoms in total. The van der Waals surface area contributed by atoms with E-state index in [1.54, 1.807) is 0 Å². The third-order valence-corrected chi connectivity index (χ3v) is 7.10. The number of amides is 2. The smallest absolute Gasteiger partial charge is 0.290 e. The molecule has 2 saturated carbocycles. The van der Waals surface area contributed by atoms with Crippen LogP contribution in [0.3, 0.4) is 0 Å². The van der Waals surface area contributed by atoms with E-state index in [1.165, 1.54) is 12.8 Å². The number of nitrogens with one attached hydrogen (secondary N) is 1. The van der Waals surface area contributed by atoms with Crippen LogP contribution in [0.25, 0.3) is 0 Å². The molecule has 0 spiro atoms. The highest BCUT2D eigenvalue weighted by molar-refractivity contribution is 5.85. The summed E-state index contributed by atoms with van der Waals surface area (Å²) in [5.41, 5.74) is -0.412. The quantitative estimate of drug-likeness (QED) is 0.545. The van der Waals surface area contributed by atoms with Crippen molar-refractivity contribution in [2.24, 2.45) is 23.2 Å². The summed E-state index contributed by atoms with van der Waals surface area (Å²) in [6.07, 6.45) is 8.11. The van der Waals surface area contributed by atoms with E-state index < -0.39 is 5.41 Å². The molecule has 5 rings (SSSR count). The van der Waals surface area contributed by atoms with Gasteiger partial charge in [0, 0.05) is 50.8 Å². The summed E-state index contributed by atoms with van der Waals surface area (Å²) in [7, 11) is 0. The second kappa shape index (κ2) is 11.8. The van der Waals surface area contributed by atoms with Crippen molar-refractivity contribution in [3.63, 3.8) is 0 Å². The number of pyridine rings is 1. The minimum absolute atomic E-state index is 0.166. The minimum Gasteiger partial charge on any atom is -0.483 e. The Morgan fingerprint density at radius 1 is 1.12 bits per heavy atom. The van der Waals surface area contributed by atoms with Gasteiger partial charge in [0.15, 0.2) is 0 Å². The number of carbonyl (C=O) groups excluding carboxylic acids is 2. The van der Waals surface area contributed by atoms with E-state index in [0.717, 1.165) is 51.1 Å². The fourth-order valence-electron chi connectivity index (χ4n) is 5.04. The lowest BCUT2D eigenvalue weighted by atomic mass is 9.74. The standard InChI is InChI=1S/C22H30N4O2.2CH2O2/c27-20(17-7-8-17)25-11-3-9-22(21(28)24-12-16-5-6-16)15-26(14-18(22)13-25)19-4-1-2-10-23-19;2*2-1-3/h1-2,4,10,16-18H,3,5-9,11-15H2,(H,24,28);2*1H,(H,2,3)/t18-,22-;;/m0../s1. The van der Waals surface area contributed by atoms with Gasteiger partial charge in [-0.1, -0.05) is 6.07 Å². The molecule has 4 aliphatic rings. The number of rotatable bonds is 5. The average Bonchev–Trinajstić information content (AvgIpc) is 3.75. The monoisotopic (exact) mass is 474 g/mol. The molecule has 186 valence electrons. The Balaban J connectivity index is 0.000000492. The van der Waals surface area contributed by atoms with Gasteiger partial charge in [0.25, 0.3) is 12.9 Å². The van der Waals surface area contributed by atoms with Gasteiger partial charge in [0.1, 0.15) is 5.82 Å². The van der Waals surface area contributed by atoms with Gasteiger partial charge in [-0.25, -0.2) is 4.98 Å². The molecule has 10 heteroatoms. The summed E-state index contributed by atoms with van der Waals surface area (Å²) in [4.78, 5) is 51.7. The van der Waals surface area contributed by atoms with E-state index in [-0.39, 0.29) is 30.7 Å². The third-order valence-electron chi connectivity index (χ3n) is 7.10. The van der Waals surface area contributed by atoms with E-state index in [4.69, 9.17) is 19.8 Å². The largest absolute Gasteiger partial charge is 0.483 e. The molecule has 4 fully saturated rings. The number of aromatic nitrogens is 1. The number of hydrogen-bond acceptors (Lipinski definition) is 6. The molecule has 0 unspecified atom stereocenters. The summed E-state index contributed by atoms with van der Waals surface area (Å²) in [5, 5.41) is 17.0. The first-order valence-corrected chi connectivity index (χ1v) is 11.9. The predicted octanol–water partition coefficient (Wildman–Crippen LogP) is 1.46. The van der Waals surface area contributed by atoms with Gasteiger partial charge < -0.3 is 25.3 Å². The van der Waals surface area contributed by atoms with Crippen molar-refractivity contribution in [1.82, 2.24) is 15.2 Å². The Bertz CT molecular complexity index is 839. The number of carbonyl (C=O) groups is 4. The predicted molar refractivity (Wildman–Crippen MR) is 124 cm³/mol. The van der Waals surface area contributed by atoms with Crippen LogP contribution in [0.5, 0.6) is 0 Å². The Kier molecular flexibility index (Phi) is 8.84. The molecule has 0 aromatic carbocycles. The summed E-state index contributed by atoms with van der Waals surface area (Å²) in [6, 6.07) is 5.94. The zero-order valence-electron chi connectivity index (χ0n) is 19.3. The van der Waals surface area contributed by atoms with E-state index >= 15 is 0 Å². The topological polar surface area (TPSA) is 140 Å². The second-order valence-corrected chi connectivity index (χ2v) is 9.45. The van der Waals surface area contributed by atoms with Crippen molar-refractivity contribution in [1.29, 1.82) is 0 Å². The molecular weight excluding hydrogens is 440 g/mol. The molecular formula is C24H34N4O6. The van der Waals surface area contributed by atoms with Crippen molar-refractivity contribution < 1.29 is 29.4 Å². The molecule has 2 saturated heterocycles. The van der Waals surface area contributed by atoms with Gasteiger partial charge in [-0.15, -0.1) is 0 Å². The van der Waals surface area contributed by atoms with Crippen LogP contribution >= 0.6 is 0 Å². The molecule has 2 atom stereocenters. The first-order chi connectivity index (χ1) is 16.5. The van der Waals surface area contributed by atoms with Crippen molar-refractivity contribution in [3.05, 3.63) is 24.4 Å². The fraction of sp³-hybridized carbons (Fsp3) is 0.625. The normalized spacial score (nSPS) is 25.4. The summed E-state index contributed by atoms with van der Waals surface area (Å²) >= 11 is 0. The van der Waals surface area contributed by atoms with Crippen LogP contribution in [-0.4, -0.2) is 77.6 Å². The Labute approximate surface area is 199 Å². The SMILES string of the molecule is O=C(C1CC1)N1CCC[C@]2(C(=O)NCC3CC3)CN(c3ccccn3)C[C@@H]2C1.O=CO.O=CO. The first kappa shape index (κ1) is 25.5. The lowest BCUT2D eigenvalue weighted by molar-refractivity contribution is -0.136. The number of fused-ring (bicyclic) bond motifs is 1. The van der Waals surface area contributed by atoms with E-state index in [9.17, 15) is 9.59 Å². The molecule has 2 aliphatic heterocycles. The molecule has 2 aliphatic carbocycles. The average molecular weight is 475 g/mol. The maximum absolute atomic E-state index is 13.4. The second-order valence-electron chi connectivity index (χ2n) is 9.45. The van der Waals surface area contributed by atoms with Gasteiger partial charge in [0.05, 0.1) is 5.41 Å².